The molecule has 3 aromatic rings. The van der Waals surface area contributed by atoms with Gasteiger partial charge in [0.2, 0.25) is 0 Å². The minimum atomic E-state index is -0.389. The summed E-state index contributed by atoms with van der Waals surface area (Å²) in [6.45, 7) is 5.75. The summed E-state index contributed by atoms with van der Waals surface area (Å²) < 4.78 is 8.80. The highest BCUT2D eigenvalue weighted by molar-refractivity contribution is 5.71. The van der Waals surface area contributed by atoms with Crippen LogP contribution >= 0.6 is 0 Å². The molecule has 1 aliphatic carbocycles. The Labute approximate surface area is 181 Å². The van der Waals surface area contributed by atoms with E-state index in [-0.39, 0.29) is 17.3 Å². The minimum absolute atomic E-state index is 0.219. The fraction of sp³-hybridized carbons (Fsp3) is 0.522. The number of benzene rings is 1. The van der Waals surface area contributed by atoms with Gasteiger partial charge in [0.1, 0.15) is 11.6 Å². The average molecular weight is 426 g/mol. The van der Waals surface area contributed by atoms with Crippen molar-refractivity contribution in [1.29, 1.82) is 0 Å². The quantitative estimate of drug-likeness (QED) is 0.521. The van der Waals surface area contributed by atoms with Gasteiger partial charge >= 0.3 is 5.69 Å². The number of fused-ring (bicyclic) bond motifs is 1. The number of nitrogens with one attached hydrogen (secondary N) is 2. The number of ether oxygens (including phenoxy) is 1. The maximum absolute atomic E-state index is 12.6. The molecule has 2 N–H and O–H groups in total. The van der Waals surface area contributed by atoms with Gasteiger partial charge in [-0.15, -0.1) is 0 Å². The van der Waals surface area contributed by atoms with E-state index in [4.69, 9.17) is 9.72 Å². The van der Waals surface area contributed by atoms with Crippen LogP contribution in [0.4, 0.5) is 0 Å². The Balaban J connectivity index is 1.66. The second kappa shape index (κ2) is 9.09. The zero-order valence-corrected chi connectivity index (χ0v) is 18.5. The Hall–Kier alpha value is -2.87. The molecular weight excluding hydrogens is 394 g/mol. The molecule has 0 radical (unpaired) electrons. The SMILES string of the molecule is CCCCn1c(=O)[nH]c(=O)c2c1nc(CNC(c1ccc(OC)cc1)C1CC1)n2CC. The number of unbranched alkanes of at least 4 members (excludes halogenated alkanes) is 1. The van der Waals surface area contributed by atoms with Gasteiger partial charge in [0, 0.05) is 19.1 Å². The third-order valence-electron chi connectivity index (χ3n) is 6.06. The van der Waals surface area contributed by atoms with Crippen LogP contribution in [0.1, 0.15) is 57.0 Å². The molecule has 1 saturated carbocycles. The number of imidazole rings is 1. The number of nitrogens with zero attached hydrogens (tertiary/aromatic N) is 3. The molecule has 31 heavy (non-hydrogen) atoms. The van der Waals surface area contributed by atoms with E-state index in [0.717, 1.165) is 24.4 Å². The number of methoxy groups -OCH3 is 1. The van der Waals surface area contributed by atoms with E-state index in [1.165, 1.54) is 18.4 Å². The predicted molar refractivity (Wildman–Crippen MR) is 120 cm³/mol. The molecule has 0 bridgehead atoms. The standard InChI is InChI=1S/C23H31N5O3/c1-4-6-13-28-21-20(22(29)26-23(28)30)27(5-2)18(25-21)14-24-19(15-7-8-15)16-9-11-17(31-3)12-10-16/h9-12,15,19,24H,4-8,13-14H2,1-3H3,(H,26,29,30). The van der Waals surface area contributed by atoms with Crippen LogP contribution in [-0.4, -0.2) is 26.2 Å². The first kappa shape index (κ1) is 21.4. The first-order chi connectivity index (χ1) is 15.1. The van der Waals surface area contributed by atoms with Crippen molar-refractivity contribution in [3.8, 4) is 5.75 Å². The average Bonchev–Trinajstić information content (AvgIpc) is 3.54. The second-order valence-corrected chi connectivity index (χ2v) is 8.18. The van der Waals surface area contributed by atoms with Crippen molar-refractivity contribution in [3.63, 3.8) is 0 Å². The van der Waals surface area contributed by atoms with Crippen molar-refractivity contribution in [1.82, 2.24) is 24.4 Å². The van der Waals surface area contributed by atoms with E-state index in [1.54, 1.807) is 11.7 Å². The Bertz CT molecular complexity index is 1150. The molecule has 0 amide bonds. The van der Waals surface area contributed by atoms with Gasteiger partial charge < -0.3 is 14.6 Å². The summed E-state index contributed by atoms with van der Waals surface area (Å²) in [4.78, 5) is 32.2. The van der Waals surface area contributed by atoms with E-state index in [9.17, 15) is 9.59 Å². The van der Waals surface area contributed by atoms with Crippen molar-refractivity contribution >= 4 is 11.2 Å². The minimum Gasteiger partial charge on any atom is -0.497 e. The topological polar surface area (TPSA) is 93.9 Å². The number of hydrogen-bond donors (Lipinski definition) is 2. The van der Waals surface area contributed by atoms with Crippen molar-refractivity contribution in [3.05, 3.63) is 56.5 Å². The molecule has 1 aliphatic rings. The highest BCUT2D eigenvalue weighted by Gasteiger charge is 2.32. The molecular formula is C23H31N5O3. The van der Waals surface area contributed by atoms with Gasteiger partial charge in [-0.25, -0.2) is 9.78 Å². The Morgan fingerprint density at radius 1 is 1.19 bits per heavy atom. The second-order valence-electron chi connectivity index (χ2n) is 8.18. The van der Waals surface area contributed by atoms with Crippen LogP contribution in [0, 0.1) is 5.92 Å². The summed E-state index contributed by atoms with van der Waals surface area (Å²) >= 11 is 0. The van der Waals surface area contributed by atoms with Gasteiger partial charge in [-0.2, -0.15) is 0 Å². The third kappa shape index (κ3) is 4.30. The van der Waals surface area contributed by atoms with Gasteiger partial charge in [-0.1, -0.05) is 25.5 Å². The van der Waals surface area contributed by atoms with E-state index < -0.39 is 0 Å². The van der Waals surface area contributed by atoms with Crippen LogP contribution in [0.25, 0.3) is 11.2 Å². The highest BCUT2D eigenvalue weighted by Crippen LogP contribution is 2.41. The molecule has 4 rings (SSSR count). The molecule has 8 heteroatoms. The molecule has 0 aliphatic heterocycles. The summed E-state index contributed by atoms with van der Waals surface area (Å²) in [5, 5.41) is 3.66. The van der Waals surface area contributed by atoms with E-state index in [1.807, 2.05) is 23.6 Å². The molecule has 0 saturated heterocycles. The predicted octanol–water partition coefficient (Wildman–Crippen LogP) is 2.96. The molecule has 1 unspecified atom stereocenters. The van der Waals surface area contributed by atoms with E-state index in [0.29, 0.717) is 36.7 Å². The smallest absolute Gasteiger partial charge is 0.330 e. The van der Waals surface area contributed by atoms with Crippen LogP contribution in [0.3, 0.4) is 0 Å². The van der Waals surface area contributed by atoms with E-state index >= 15 is 0 Å². The van der Waals surface area contributed by atoms with Crippen molar-refractivity contribution in [2.24, 2.45) is 5.92 Å². The van der Waals surface area contributed by atoms with Crippen LogP contribution in [0.5, 0.6) is 5.75 Å². The fourth-order valence-electron chi connectivity index (χ4n) is 4.22. The number of rotatable bonds is 10. The van der Waals surface area contributed by atoms with Crippen molar-refractivity contribution < 1.29 is 4.74 Å². The summed E-state index contributed by atoms with van der Waals surface area (Å²) in [6, 6.07) is 8.39. The normalized spacial score (nSPS) is 14.8. The summed E-state index contributed by atoms with van der Waals surface area (Å²) in [5.41, 5.74) is 1.42. The highest BCUT2D eigenvalue weighted by atomic mass is 16.5. The van der Waals surface area contributed by atoms with E-state index in [2.05, 4.69) is 29.4 Å². The Morgan fingerprint density at radius 3 is 2.55 bits per heavy atom. The van der Waals surface area contributed by atoms with Gasteiger partial charge in [0.15, 0.2) is 11.2 Å². The molecule has 2 aromatic heterocycles. The zero-order chi connectivity index (χ0) is 22.0. The largest absolute Gasteiger partial charge is 0.497 e. The first-order valence-corrected chi connectivity index (χ1v) is 11.2. The Morgan fingerprint density at radius 2 is 1.94 bits per heavy atom. The fourth-order valence-corrected chi connectivity index (χ4v) is 4.22. The maximum atomic E-state index is 12.6. The van der Waals surface area contributed by atoms with Crippen LogP contribution in [0.15, 0.2) is 33.9 Å². The molecule has 1 fully saturated rings. The number of aryl methyl sites for hydroxylation is 2. The van der Waals surface area contributed by atoms with Crippen molar-refractivity contribution in [2.45, 2.75) is 65.2 Å². The third-order valence-corrected chi connectivity index (χ3v) is 6.06. The molecule has 1 atom stereocenters. The lowest BCUT2D eigenvalue weighted by molar-refractivity contribution is 0.413. The number of H-pyrrole nitrogens is 1. The maximum Gasteiger partial charge on any atom is 0.330 e. The molecule has 2 heterocycles. The number of hydrogen-bond acceptors (Lipinski definition) is 5. The van der Waals surface area contributed by atoms with Gasteiger partial charge in [0.25, 0.3) is 5.56 Å². The van der Waals surface area contributed by atoms with Gasteiger partial charge in [-0.05, 0) is 49.8 Å². The lowest BCUT2D eigenvalue weighted by atomic mass is 10.0. The van der Waals surface area contributed by atoms with Crippen LogP contribution in [0.2, 0.25) is 0 Å². The van der Waals surface area contributed by atoms with Gasteiger partial charge in [-0.3, -0.25) is 14.3 Å². The number of aromatic amines is 1. The lowest BCUT2D eigenvalue weighted by Gasteiger charge is -2.19. The Kier molecular flexibility index (Phi) is 6.27. The summed E-state index contributed by atoms with van der Waals surface area (Å²) in [7, 11) is 1.67. The molecule has 8 nitrogen and oxygen atoms in total. The molecule has 0 spiro atoms. The summed E-state index contributed by atoms with van der Waals surface area (Å²) in [6.07, 6.45) is 4.21. The van der Waals surface area contributed by atoms with Crippen LogP contribution < -0.4 is 21.3 Å². The van der Waals surface area contributed by atoms with Crippen molar-refractivity contribution in [2.75, 3.05) is 7.11 Å². The summed E-state index contributed by atoms with van der Waals surface area (Å²) in [5.74, 6) is 2.22. The zero-order valence-electron chi connectivity index (χ0n) is 18.5. The van der Waals surface area contributed by atoms with Crippen LogP contribution in [-0.2, 0) is 19.6 Å². The lowest BCUT2D eigenvalue weighted by Crippen LogP contribution is -2.31. The number of aromatic nitrogens is 4. The monoisotopic (exact) mass is 425 g/mol. The molecule has 1 aromatic carbocycles. The molecule has 166 valence electrons. The van der Waals surface area contributed by atoms with Gasteiger partial charge in [0.05, 0.1) is 13.7 Å². The first-order valence-electron chi connectivity index (χ1n) is 11.2.